The van der Waals surface area contributed by atoms with Crippen molar-refractivity contribution in [3.8, 4) is 34.4 Å². The molecule has 0 fully saturated rings. The van der Waals surface area contributed by atoms with Crippen molar-refractivity contribution in [2.24, 2.45) is 0 Å². The van der Waals surface area contributed by atoms with Crippen molar-refractivity contribution in [3.05, 3.63) is 90.5 Å². The zero-order chi connectivity index (χ0) is 40.6. The molecule has 8 rings (SSSR count). The summed E-state index contributed by atoms with van der Waals surface area (Å²) in [5, 5.41) is 21.9. The lowest BCUT2D eigenvalue weighted by Gasteiger charge is -2.33. The third-order valence-electron chi connectivity index (χ3n) is 9.11. The molecule has 2 aliphatic heterocycles. The first-order valence-electron chi connectivity index (χ1n) is 17.7. The number of nitrogens with zero attached hydrogens (tertiary/aromatic N) is 10. The molecule has 0 amide bonds. The number of ether oxygens (including phenoxy) is 4. The third kappa shape index (κ3) is 9.37. The van der Waals surface area contributed by atoms with Crippen molar-refractivity contribution in [3.63, 3.8) is 0 Å². The normalized spacial score (nSPS) is 15.4. The first kappa shape index (κ1) is 40.3. The summed E-state index contributed by atoms with van der Waals surface area (Å²) in [6.45, 7) is 4.74. The Morgan fingerprint density at radius 3 is 1.82 bits per heavy atom. The number of aliphatic hydroxyl groups excluding tert-OH is 2. The summed E-state index contributed by atoms with van der Waals surface area (Å²) in [5.74, 6) is 4.33. The minimum absolute atomic E-state index is 0.00487. The Morgan fingerprint density at radius 1 is 0.772 bits per heavy atom. The maximum atomic E-state index is 9.47. The maximum absolute atomic E-state index is 9.47. The van der Waals surface area contributed by atoms with Crippen LogP contribution in [-0.4, -0.2) is 116 Å². The molecule has 5 N–H and O–H groups in total. The van der Waals surface area contributed by atoms with Crippen LogP contribution in [0.2, 0.25) is 5.28 Å². The zero-order valence-corrected chi connectivity index (χ0v) is 33.1. The lowest BCUT2D eigenvalue weighted by Crippen LogP contribution is -2.43. The molecule has 4 aromatic heterocycles. The van der Waals surface area contributed by atoms with Crippen molar-refractivity contribution in [1.29, 1.82) is 0 Å². The number of hydrogen-bond acceptors (Lipinski definition) is 16. The number of aliphatic hydroxyl groups is 2. The molecule has 57 heavy (non-hydrogen) atoms. The third-order valence-corrected chi connectivity index (χ3v) is 9.29. The van der Waals surface area contributed by atoms with Crippen molar-refractivity contribution in [2.75, 3.05) is 75.6 Å². The van der Waals surface area contributed by atoms with Gasteiger partial charge in [0, 0.05) is 50.0 Å². The Hall–Kier alpha value is -6.37. The van der Waals surface area contributed by atoms with Crippen molar-refractivity contribution in [2.45, 2.75) is 25.9 Å². The van der Waals surface area contributed by atoms with E-state index in [1.54, 1.807) is 39.1 Å². The number of hydrogen-bond donors (Lipinski definition) is 4. The monoisotopic (exact) mass is 800 g/mol. The molecule has 2 atom stereocenters. The lowest BCUT2D eigenvalue weighted by atomic mass is 10.2. The van der Waals surface area contributed by atoms with E-state index < -0.39 is 0 Å². The predicted octanol–water partition coefficient (Wildman–Crippen LogP) is 4.00. The summed E-state index contributed by atoms with van der Waals surface area (Å²) in [6, 6.07) is 11.1. The highest BCUT2D eigenvalue weighted by molar-refractivity contribution is 6.28. The number of nitrogens with one attached hydrogen (secondary N) is 1. The molecule has 0 unspecified atom stereocenters. The Bertz CT molecular complexity index is 2290. The number of fused-ring (bicyclic) bond motifs is 2. The van der Waals surface area contributed by atoms with Crippen LogP contribution in [0, 0.1) is 13.8 Å². The van der Waals surface area contributed by atoms with E-state index in [4.69, 9.17) is 41.4 Å². The molecule has 0 radical (unpaired) electrons. The SMILES string of the molecule is CN1c2nc(Cl)ncc2OC[C@H]1CO.COc1cc(N)ccc1-n1cnc(C)c1.COc1cc(Nc2ncc3c(n2)N(C)[C@H](CO)CO3)ccc1-n1cnc(C)c1. The largest absolute Gasteiger partial charge is 0.494 e. The van der Waals surface area contributed by atoms with Gasteiger partial charge in [0.15, 0.2) is 23.1 Å². The Labute approximate surface area is 334 Å². The molecule has 2 aromatic carbocycles. The summed E-state index contributed by atoms with van der Waals surface area (Å²) < 4.78 is 25.6. The lowest BCUT2D eigenvalue weighted by molar-refractivity contribution is 0.189. The quantitative estimate of drug-likeness (QED) is 0.127. The summed E-state index contributed by atoms with van der Waals surface area (Å²) in [7, 11) is 6.97. The number of nitrogen functional groups attached to an aromatic ring is 1. The highest BCUT2D eigenvalue weighted by Crippen LogP contribution is 2.33. The van der Waals surface area contributed by atoms with E-state index in [9.17, 15) is 5.11 Å². The second kappa shape index (κ2) is 18.1. The van der Waals surface area contributed by atoms with Gasteiger partial charge in [-0.25, -0.2) is 19.9 Å². The van der Waals surface area contributed by atoms with E-state index in [0.29, 0.717) is 53.7 Å². The number of aryl methyl sites for hydroxylation is 2. The van der Waals surface area contributed by atoms with E-state index >= 15 is 0 Å². The fourth-order valence-corrected chi connectivity index (χ4v) is 6.00. The van der Waals surface area contributed by atoms with E-state index in [0.717, 1.165) is 34.2 Å². The molecule has 19 heteroatoms. The van der Waals surface area contributed by atoms with Crippen LogP contribution in [0.3, 0.4) is 0 Å². The standard InChI is InChI=1S/C19H22N6O3.C11H13N3O.C8H10ClN3O2/c1-12-8-25(11-21-12)15-5-4-13(6-16(15)27-3)22-19-20-7-17-18(23-19)24(2)14(9-26)10-28-17;1-8-6-14(7-13-8)10-4-3-9(12)5-11(10)15-2;1-12-5(3-13)4-14-6-2-10-8(9)11-7(6)12/h4-8,11,14,26H,9-10H2,1-3H3,(H,20,22,23);3-7H,12H2,1-2H3;2,5,13H,3-4H2,1H3/t14-;;5-/m1.1/s1. The maximum Gasteiger partial charge on any atom is 0.229 e. The number of likely N-dealkylation sites (N-methyl/N-ethyl adjacent to an activating group) is 2. The predicted molar refractivity (Wildman–Crippen MR) is 216 cm³/mol. The molecule has 0 bridgehead atoms. The molecule has 0 saturated heterocycles. The number of anilines is 5. The minimum atomic E-state index is -0.131. The smallest absolute Gasteiger partial charge is 0.229 e. The van der Waals surface area contributed by atoms with Crippen LogP contribution in [0.4, 0.5) is 29.0 Å². The van der Waals surface area contributed by atoms with Crippen LogP contribution in [0.1, 0.15) is 11.4 Å². The number of imidazole rings is 2. The van der Waals surface area contributed by atoms with Crippen LogP contribution in [0.5, 0.6) is 23.0 Å². The van der Waals surface area contributed by atoms with Gasteiger partial charge in [-0.1, -0.05) is 0 Å². The van der Waals surface area contributed by atoms with E-state index in [1.807, 2.05) is 89.6 Å². The van der Waals surface area contributed by atoms with E-state index in [-0.39, 0.29) is 30.6 Å². The second-order valence-corrected chi connectivity index (χ2v) is 13.4. The number of halogens is 1. The molecule has 0 saturated carbocycles. The van der Waals surface area contributed by atoms with Gasteiger partial charge in [0.1, 0.15) is 24.7 Å². The van der Waals surface area contributed by atoms with Gasteiger partial charge >= 0.3 is 0 Å². The molecule has 300 valence electrons. The molecule has 6 heterocycles. The van der Waals surface area contributed by atoms with Crippen LogP contribution in [-0.2, 0) is 0 Å². The fraction of sp³-hybridized carbons (Fsp3) is 0.316. The van der Waals surface area contributed by atoms with E-state index in [2.05, 4.69) is 35.2 Å². The summed E-state index contributed by atoms with van der Waals surface area (Å²) in [5.41, 5.74) is 10.9. The highest BCUT2D eigenvalue weighted by Gasteiger charge is 2.27. The van der Waals surface area contributed by atoms with Crippen molar-refractivity contribution in [1.82, 2.24) is 39.0 Å². The Morgan fingerprint density at radius 2 is 1.30 bits per heavy atom. The number of aromatic nitrogens is 8. The van der Waals surface area contributed by atoms with Gasteiger partial charge in [-0.05, 0) is 49.7 Å². The number of rotatable bonds is 8. The van der Waals surface area contributed by atoms with E-state index in [1.165, 1.54) is 6.20 Å². The molecule has 0 aliphatic carbocycles. The van der Waals surface area contributed by atoms with Gasteiger partial charge in [-0.3, -0.25) is 0 Å². The van der Waals surface area contributed by atoms with Gasteiger partial charge in [0.25, 0.3) is 0 Å². The van der Waals surface area contributed by atoms with Gasteiger partial charge in [-0.15, -0.1) is 0 Å². The van der Waals surface area contributed by atoms with Gasteiger partial charge in [0.05, 0.1) is 87.3 Å². The first-order valence-corrected chi connectivity index (χ1v) is 18.1. The van der Waals surface area contributed by atoms with Crippen LogP contribution < -0.4 is 39.8 Å². The van der Waals surface area contributed by atoms with Crippen LogP contribution in [0.15, 0.2) is 73.8 Å². The number of nitrogens with two attached hydrogens (primary N) is 1. The zero-order valence-electron chi connectivity index (χ0n) is 32.4. The number of methoxy groups -OCH3 is 2. The Balaban J connectivity index is 0.000000159. The van der Waals surface area contributed by atoms with Gasteiger partial charge < -0.3 is 59.1 Å². The second-order valence-electron chi connectivity index (χ2n) is 13.0. The van der Waals surface area contributed by atoms with Crippen molar-refractivity contribution < 1.29 is 29.2 Å². The molecular formula is C38H45ClN12O6. The molecule has 6 aromatic rings. The molecule has 18 nitrogen and oxygen atoms in total. The summed E-state index contributed by atoms with van der Waals surface area (Å²) >= 11 is 5.67. The average Bonchev–Trinajstić information content (AvgIpc) is 3.86. The van der Waals surface area contributed by atoms with Crippen LogP contribution in [0.25, 0.3) is 11.4 Å². The molecule has 0 spiro atoms. The summed E-state index contributed by atoms with van der Waals surface area (Å²) in [6.07, 6.45) is 10.5. The van der Waals surface area contributed by atoms with Gasteiger partial charge in [0.2, 0.25) is 11.2 Å². The fourth-order valence-electron chi connectivity index (χ4n) is 5.88. The Kier molecular flexibility index (Phi) is 12.8. The van der Waals surface area contributed by atoms with Gasteiger partial charge in [-0.2, -0.15) is 9.97 Å². The topological polar surface area (TPSA) is 209 Å². The highest BCUT2D eigenvalue weighted by atomic mass is 35.5. The summed E-state index contributed by atoms with van der Waals surface area (Å²) in [4.78, 5) is 28.9. The average molecular weight is 801 g/mol. The minimum Gasteiger partial charge on any atom is -0.494 e. The molecule has 2 aliphatic rings. The van der Waals surface area contributed by atoms with Crippen molar-refractivity contribution >= 4 is 40.6 Å². The van der Waals surface area contributed by atoms with Crippen LogP contribution >= 0.6 is 11.6 Å². The first-order chi connectivity index (χ1) is 27.5. The number of benzene rings is 2. The molecular weight excluding hydrogens is 756 g/mol.